The molecule has 17 heavy (non-hydrogen) atoms. The molecule has 94 valence electrons. The van der Waals surface area contributed by atoms with Gasteiger partial charge in [0.15, 0.2) is 0 Å². The normalized spacial score (nSPS) is 16.2. The number of hydrogen-bond donors (Lipinski definition) is 1. The Kier molecular flexibility index (Phi) is 4.75. The van der Waals surface area contributed by atoms with Crippen LogP contribution in [0.5, 0.6) is 0 Å². The van der Waals surface area contributed by atoms with E-state index in [0.717, 1.165) is 4.47 Å². The summed E-state index contributed by atoms with van der Waals surface area (Å²) < 4.78 is 1.05. The highest BCUT2D eigenvalue weighted by atomic mass is 79.9. The second kappa shape index (κ2) is 5.67. The summed E-state index contributed by atoms with van der Waals surface area (Å²) in [5, 5.41) is 9.26. The van der Waals surface area contributed by atoms with Crippen molar-refractivity contribution in [3.05, 3.63) is 34.3 Å². The topological polar surface area (TPSA) is 37.3 Å². The summed E-state index contributed by atoms with van der Waals surface area (Å²) in [6, 6.07) is 8.09. The van der Waals surface area contributed by atoms with Crippen LogP contribution < -0.4 is 0 Å². The predicted molar refractivity (Wildman–Crippen MR) is 73.2 cm³/mol. The molecule has 2 atom stereocenters. The van der Waals surface area contributed by atoms with E-state index in [1.165, 1.54) is 5.56 Å². The maximum absolute atomic E-state index is 11.3. The fraction of sp³-hybridized carbons (Fsp3) is 0.500. The molecule has 1 aromatic carbocycles. The molecule has 2 nitrogen and oxygen atoms in total. The number of halogens is 1. The van der Waals surface area contributed by atoms with Gasteiger partial charge < -0.3 is 5.11 Å². The van der Waals surface area contributed by atoms with Crippen LogP contribution in [-0.2, 0) is 4.79 Å². The lowest BCUT2D eigenvalue weighted by Gasteiger charge is -2.26. The first-order valence-electron chi connectivity index (χ1n) is 5.88. The maximum Gasteiger partial charge on any atom is 0.309 e. The third-order valence-corrected chi connectivity index (χ3v) is 4.02. The maximum atomic E-state index is 11.3. The molecule has 0 heterocycles. The van der Waals surface area contributed by atoms with Crippen molar-refractivity contribution in [1.29, 1.82) is 0 Å². The monoisotopic (exact) mass is 298 g/mol. The summed E-state index contributed by atoms with van der Waals surface area (Å²) in [6.45, 7) is 5.84. The molecule has 0 spiro atoms. The first-order valence-corrected chi connectivity index (χ1v) is 6.67. The number of hydrogen-bond acceptors (Lipinski definition) is 1. The zero-order chi connectivity index (χ0) is 13.1. The Bertz CT molecular complexity index is 386. The molecule has 0 bridgehead atoms. The summed E-state index contributed by atoms with van der Waals surface area (Å²) in [7, 11) is 0. The minimum atomic E-state index is -0.705. The molecule has 0 amide bonds. The molecule has 1 N–H and O–H groups in total. The van der Waals surface area contributed by atoms with Crippen molar-refractivity contribution in [2.45, 2.75) is 39.5 Å². The van der Waals surface area contributed by atoms with Crippen molar-refractivity contribution in [1.82, 2.24) is 0 Å². The zero-order valence-electron chi connectivity index (χ0n) is 10.5. The van der Waals surface area contributed by atoms with Crippen molar-refractivity contribution in [3.63, 3.8) is 0 Å². The van der Waals surface area contributed by atoms with Crippen LogP contribution in [0.1, 0.15) is 45.1 Å². The van der Waals surface area contributed by atoms with Crippen molar-refractivity contribution in [2.24, 2.45) is 5.41 Å². The van der Waals surface area contributed by atoms with E-state index in [4.69, 9.17) is 0 Å². The van der Waals surface area contributed by atoms with Crippen LogP contribution in [0.2, 0.25) is 0 Å². The quantitative estimate of drug-likeness (QED) is 0.872. The highest BCUT2D eigenvalue weighted by Gasteiger charge is 2.32. The molecule has 2 unspecified atom stereocenters. The number of benzene rings is 1. The Morgan fingerprint density at radius 2 is 1.94 bits per heavy atom. The van der Waals surface area contributed by atoms with Crippen LogP contribution >= 0.6 is 15.9 Å². The molecule has 0 radical (unpaired) electrons. The second-order valence-electron chi connectivity index (χ2n) is 4.88. The van der Waals surface area contributed by atoms with Crippen molar-refractivity contribution in [2.75, 3.05) is 0 Å². The standard InChI is InChI=1S/C14H19BrO2/c1-4-14(3,13(16)17)9-10(2)11-5-7-12(15)8-6-11/h5-8,10H,4,9H2,1-3H3,(H,16,17). The summed E-state index contributed by atoms with van der Waals surface area (Å²) in [6.07, 6.45) is 1.32. The first kappa shape index (κ1) is 14.2. The van der Waals surface area contributed by atoms with Gasteiger partial charge in [0.05, 0.1) is 5.41 Å². The Morgan fingerprint density at radius 1 is 1.41 bits per heavy atom. The van der Waals surface area contributed by atoms with Crippen LogP contribution in [-0.4, -0.2) is 11.1 Å². The van der Waals surface area contributed by atoms with Gasteiger partial charge in [-0.1, -0.05) is 41.9 Å². The van der Waals surface area contributed by atoms with Crippen LogP contribution in [0, 0.1) is 5.41 Å². The minimum absolute atomic E-state index is 0.254. The third kappa shape index (κ3) is 3.56. The number of aliphatic carboxylic acids is 1. The fourth-order valence-corrected chi connectivity index (χ4v) is 2.23. The summed E-state index contributed by atoms with van der Waals surface area (Å²) >= 11 is 3.40. The molecule has 3 heteroatoms. The molecule has 0 saturated carbocycles. The largest absolute Gasteiger partial charge is 0.481 e. The molecule has 0 aliphatic rings. The van der Waals surface area contributed by atoms with Crippen molar-refractivity contribution < 1.29 is 9.90 Å². The van der Waals surface area contributed by atoms with Gasteiger partial charge in [-0.3, -0.25) is 4.79 Å². The molecule has 0 aliphatic carbocycles. The average Bonchev–Trinajstić information content (AvgIpc) is 2.29. The lowest BCUT2D eigenvalue weighted by Crippen LogP contribution is -2.28. The van der Waals surface area contributed by atoms with Crippen molar-refractivity contribution >= 4 is 21.9 Å². The average molecular weight is 299 g/mol. The fourth-order valence-electron chi connectivity index (χ4n) is 1.97. The molecular weight excluding hydrogens is 280 g/mol. The van der Waals surface area contributed by atoms with E-state index in [0.29, 0.717) is 12.8 Å². The van der Waals surface area contributed by atoms with Gasteiger partial charge in [-0.15, -0.1) is 0 Å². The number of carboxylic acids is 1. The molecule has 1 rings (SSSR count). The zero-order valence-corrected chi connectivity index (χ0v) is 12.1. The van der Waals surface area contributed by atoms with Gasteiger partial charge >= 0.3 is 5.97 Å². The number of rotatable bonds is 5. The predicted octanol–water partition coefficient (Wildman–Crippen LogP) is 4.44. The molecule has 1 aromatic rings. The van der Waals surface area contributed by atoms with Crippen molar-refractivity contribution in [3.8, 4) is 0 Å². The Balaban J connectivity index is 2.81. The highest BCUT2D eigenvalue weighted by molar-refractivity contribution is 9.10. The van der Waals surface area contributed by atoms with E-state index in [-0.39, 0.29) is 5.92 Å². The number of carbonyl (C=O) groups is 1. The summed E-state index contributed by atoms with van der Waals surface area (Å²) in [4.78, 5) is 11.3. The van der Waals surface area contributed by atoms with E-state index in [1.54, 1.807) is 0 Å². The third-order valence-electron chi connectivity index (χ3n) is 3.49. The van der Waals surface area contributed by atoms with Crippen LogP contribution in [0.4, 0.5) is 0 Å². The Morgan fingerprint density at radius 3 is 2.35 bits per heavy atom. The lowest BCUT2D eigenvalue weighted by molar-refractivity contribution is -0.148. The molecule has 0 saturated heterocycles. The van der Waals surface area contributed by atoms with Crippen LogP contribution in [0.25, 0.3) is 0 Å². The highest BCUT2D eigenvalue weighted by Crippen LogP contribution is 2.34. The number of carboxylic acid groups (broad SMARTS) is 1. The summed E-state index contributed by atoms with van der Waals surface area (Å²) in [5.41, 5.74) is 0.557. The van der Waals surface area contributed by atoms with E-state index >= 15 is 0 Å². The van der Waals surface area contributed by atoms with Gasteiger partial charge in [0.1, 0.15) is 0 Å². The second-order valence-corrected chi connectivity index (χ2v) is 5.79. The minimum Gasteiger partial charge on any atom is -0.481 e. The Labute approximate surface area is 111 Å². The van der Waals surface area contributed by atoms with E-state index in [1.807, 2.05) is 38.1 Å². The smallest absolute Gasteiger partial charge is 0.309 e. The Hall–Kier alpha value is -0.830. The van der Waals surface area contributed by atoms with Crippen LogP contribution in [0.3, 0.4) is 0 Å². The summed E-state index contributed by atoms with van der Waals surface area (Å²) in [5.74, 6) is -0.451. The van der Waals surface area contributed by atoms with E-state index in [2.05, 4.69) is 22.9 Å². The van der Waals surface area contributed by atoms with Gasteiger partial charge in [0, 0.05) is 4.47 Å². The van der Waals surface area contributed by atoms with Gasteiger partial charge in [-0.25, -0.2) is 0 Å². The first-order chi connectivity index (χ1) is 7.89. The molecule has 0 aromatic heterocycles. The van der Waals surface area contributed by atoms with E-state index < -0.39 is 11.4 Å². The molecular formula is C14H19BrO2. The SMILES string of the molecule is CCC(C)(CC(C)c1ccc(Br)cc1)C(=O)O. The molecule has 0 aliphatic heterocycles. The van der Waals surface area contributed by atoms with Gasteiger partial charge in [-0.2, -0.15) is 0 Å². The van der Waals surface area contributed by atoms with Gasteiger partial charge in [0.25, 0.3) is 0 Å². The molecule has 0 fully saturated rings. The van der Waals surface area contributed by atoms with Crippen LogP contribution in [0.15, 0.2) is 28.7 Å². The van der Waals surface area contributed by atoms with E-state index in [9.17, 15) is 9.90 Å². The van der Waals surface area contributed by atoms with Gasteiger partial charge in [-0.05, 0) is 43.4 Å². The van der Waals surface area contributed by atoms with Gasteiger partial charge in [0.2, 0.25) is 0 Å². The lowest BCUT2D eigenvalue weighted by atomic mass is 9.77.